The summed E-state index contributed by atoms with van der Waals surface area (Å²) in [4.78, 5) is 0. The van der Waals surface area contributed by atoms with Crippen LogP contribution in [0.2, 0.25) is 5.04 Å². The van der Waals surface area contributed by atoms with Crippen LogP contribution in [0.1, 0.15) is 83.6 Å². The first-order chi connectivity index (χ1) is 11.4. The van der Waals surface area contributed by atoms with Crippen LogP contribution in [0.25, 0.3) is 0 Å². The van der Waals surface area contributed by atoms with Crippen molar-refractivity contribution in [3.05, 3.63) is 23.8 Å². The molecule has 3 heteroatoms. The largest absolute Gasteiger partial charge is 0.496 e. The van der Waals surface area contributed by atoms with Crippen molar-refractivity contribution in [2.75, 3.05) is 7.11 Å². The number of aliphatic hydroxyl groups is 1. The van der Waals surface area contributed by atoms with Crippen molar-refractivity contribution < 1.29 is 9.84 Å². The van der Waals surface area contributed by atoms with Crippen LogP contribution in [-0.2, 0) is 0 Å². The fourth-order valence-electron chi connectivity index (χ4n) is 3.84. The zero-order chi connectivity index (χ0) is 17.6. The predicted octanol–water partition coefficient (Wildman–Crippen LogP) is 4.82. The lowest BCUT2D eigenvalue weighted by atomic mass is 9.82. The van der Waals surface area contributed by atoms with Crippen LogP contribution < -0.4 is 9.92 Å². The Hall–Kier alpha value is -0.803. The monoisotopic (exact) mass is 346 g/mol. The molecule has 24 heavy (non-hydrogen) atoms. The highest BCUT2D eigenvalue weighted by atomic mass is 28.2. The molecule has 1 aromatic carbocycles. The Labute approximate surface area is 150 Å². The van der Waals surface area contributed by atoms with Crippen LogP contribution in [-0.4, -0.2) is 27.8 Å². The summed E-state index contributed by atoms with van der Waals surface area (Å²) in [6.07, 6.45) is 9.19. The molecule has 1 N–H and O–H groups in total. The highest BCUT2D eigenvalue weighted by molar-refractivity contribution is 6.56. The van der Waals surface area contributed by atoms with Gasteiger partial charge in [0.2, 0.25) is 0 Å². The predicted molar refractivity (Wildman–Crippen MR) is 104 cm³/mol. The lowest BCUT2D eigenvalue weighted by Crippen LogP contribution is -2.26. The van der Waals surface area contributed by atoms with E-state index in [1.165, 1.54) is 36.4 Å². The topological polar surface area (TPSA) is 29.5 Å². The first-order valence-electron chi connectivity index (χ1n) is 9.59. The second-order valence-electron chi connectivity index (χ2n) is 7.94. The van der Waals surface area contributed by atoms with Gasteiger partial charge < -0.3 is 9.84 Å². The SMILES string of the molecule is CCCCCC(C)(C)[Si]c1ccc(C2CCCC(O)C2)c(OC)c1. The Balaban J connectivity index is 2.07. The molecule has 1 fully saturated rings. The molecule has 1 saturated carbocycles. The van der Waals surface area contributed by atoms with Crippen molar-refractivity contribution in [2.24, 2.45) is 0 Å². The van der Waals surface area contributed by atoms with Crippen molar-refractivity contribution >= 4 is 14.7 Å². The first kappa shape index (κ1) is 19.5. The number of aliphatic hydroxyl groups excluding tert-OH is 1. The summed E-state index contributed by atoms with van der Waals surface area (Å²) >= 11 is 0. The van der Waals surface area contributed by atoms with E-state index in [2.05, 4.69) is 39.0 Å². The van der Waals surface area contributed by atoms with Gasteiger partial charge in [0, 0.05) is 0 Å². The number of hydrogen-bond donors (Lipinski definition) is 1. The minimum absolute atomic E-state index is 0.146. The van der Waals surface area contributed by atoms with E-state index in [0.29, 0.717) is 11.0 Å². The Kier molecular flexibility index (Phi) is 7.36. The van der Waals surface area contributed by atoms with E-state index in [4.69, 9.17) is 4.74 Å². The summed E-state index contributed by atoms with van der Waals surface area (Å²) in [5, 5.41) is 11.7. The molecule has 0 heterocycles. The van der Waals surface area contributed by atoms with Gasteiger partial charge in [-0.15, -0.1) is 0 Å². The summed E-state index contributed by atoms with van der Waals surface area (Å²) in [5.41, 5.74) is 1.29. The van der Waals surface area contributed by atoms with Crippen LogP contribution >= 0.6 is 0 Å². The zero-order valence-electron chi connectivity index (χ0n) is 15.9. The van der Waals surface area contributed by atoms with E-state index in [-0.39, 0.29) is 6.10 Å². The number of unbranched alkanes of at least 4 members (excludes halogenated alkanes) is 2. The van der Waals surface area contributed by atoms with Gasteiger partial charge in [-0.3, -0.25) is 0 Å². The molecule has 0 aromatic heterocycles. The van der Waals surface area contributed by atoms with Crippen LogP contribution in [0, 0.1) is 0 Å². The molecule has 0 saturated heterocycles. The maximum Gasteiger partial charge on any atom is 0.122 e. The molecule has 134 valence electrons. The third kappa shape index (κ3) is 5.63. The molecule has 2 radical (unpaired) electrons. The number of benzene rings is 1. The number of methoxy groups -OCH3 is 1. The molecule has 2 atom stereocenters. The van der Waals surface area contributed by atoms with Gasteiger partial charge >= 0.3 is 0 Å². The Bertz CT molecular complexity index is 513. The molecule has 1 aliphatic rings. The Morgan fingerprint density at radius 1 is 1.25 bits per heavy atom. The summed E-state index contributed by atoms with van der Waals surface area (Å²) < 4.78 is 5.71. The number of rotatable bonds is 8. The van der Waals surface area contributed by atoms with Gasteiger partial charge in [0.05, 0.1) is 22.7 Å². The molecule has 1 aliphatic carbocycles. The second-order valence-corrected chi connectivity index (χ2v) is 10.1. The van der Waals surface area contributed by atoms with Crippen molar-refractivity contribution in [3.8, 4) is 5.75 Å². The Morgan fingerprint density at radius 2 is 2.04 bits per heavy atom. The molecular weight excluding hydrogens is 312 g/mol. The normalized spacial score (nSPS) is 21.7. The lowest BCUT2D eigenvalue weighted by Gasteiger charge is -2.28. The van der Waals surface area contributed by atoms with Gasteiger partial charge in [0.25, 0.3) is 0 Å². The molecule has 0 spiro atoms. The highest BCUT2D eigenvalue weighted by Crippen LogP contribution is 2.37. The molecule has 2 nitrogen and oxygen atoms in total. The maximum atomic E-state index is 9.98. The van der Waals surface area contributed by atoms with Gasteiger partial charge in [-0.25, -0.2) is 0 Å². The summed E-state index contributed by atoms with van der Waals surface area (Å²) in [6, 6.07) is 6.79. The molecular formula is C21H34O2Si. The van der Waals surface area contributed by atoms with E-state index >= 15 is 0 Å². The van der Waals surface area contributed by atoms with Gasteiger partial charge in [0.1, 0.15) is 5.75 Å². The zero-order valence-corrected chi connectivity index (χ0v) is 16.9. The van der Waals surface area contributed by atoms with Crippen molar-refractivity contribution in [1.82, 2.24) is 0 Å². The lowest BCUT2D eigenvalue weighted by molar-refractivity contribution is 0.119. The van der Waals surface area contributed by atoms with Crippen molar-refractivity contribution in [2.45, 2.75) is 89.2 Å². The molecule has 1 aromatic rings. The third-order valence-corrected chi connectivity index (χ3v) is 6.73. The van der Waals surface area contributed by atoms with E-state index in [9.17, 15) is 5.11 Å². The van der Waals surface area contributed by atoms with Crippen LogP contribution in [0.3, 0.4) is 0 Å². The highest BCUT2D eigenvalue weighted by Gasteiger charge is 2.25. The van der Waals surface area contributed by atoms with Crippen LogP contribution in [0.5, 0.6) is 5.75 Å². The summed E-state index contributed by atoms with van der Waals surface area (Å²) in [5.74, 6) is 1.46. The minimum atomic E-state index is -0.146. The van der Waals surface area contributed by atoms with Gasteiger partial charge in [-0.1, -0.05) is 70.2 Å². The van der Waals surface area contributed by atoms with E-state index in [1.54, 1.807) is 7.11 Å². The minimum Gasteiger partial charge on any atom is -0.496 e. The molecule has 0 aliphatic heterocycles. The number of hydrogen-bond acceptors (Lipinski definition) is 2. The molecule has 0 bridgehead atoms. The smallest absolute Gasteiger partial charge is 0.122 e. The van der Waals surface area contributed by atoms with Gasteiger partial charge in [-0.05, 0) is 41.8 Å². The summed E-state index contributed by atoms with van der Waals surface area (Å²) in [7, 11) is 2.59. The standard InChI is InChI=1S/C21H34O2Si/c1-5-6-7-13-21(2,3)24-18-11-12-19(20(15-18)23-4)16-9-8-10-17(22)14-16/h11-12,15-17,22H,5-10,13-14H2,1-4H3. The molecule has 2 unspecified atom stereocenters. The Morgan fingerprint density at radius 3 is 2.71 bits per heavy atom. The quantitative estimate of drug-likeness (QED) is 0.540. The third-order valence-electron chi connectivity index (χ3n) is 5.21. The van der Waals surface area contributed by atoms with Crippen molar-refractivity contribution in [3.63, 3.8) is 0 Å². The van der Waals surface area contributed by atoms with Crippen molar-refractivity contribution in [1.29, 1.82) is 0 Å². The van der Waals surface area contributed by atoms with Gasteiger partial charge in [-0.2, -0.15) is 0 Å². The second kappa shape index (κ2) is 9.05. The molecule has 2 rings (SSSR count). The van der Waals surface area contributed by atoms with E-state index < -0.39 is 0 Å². The summed E-state index contributed by atoms with van der Waals surface area (Å²) in [6.45, 7) is 7.04. The number of ether oxygens (including phenoxy) is 1. The van der Waals surface area contributed by atoms with E-state index in [0.717, 1.165) is 41.0 Å². The average molecular weight is 347 g/mol. The van der Waals surface area contributed by atoms with Crippen LogP contribution in [0.4, 0.5) is 0 Å². The maximum absolute atomic E-state index is 9.98. The fraction of sp³-hybridized carbons (Fsp3) is 0.714. The molecule has 0 amide bonds. The fourth-order valence-corrected chi connectivity index (χ4v) is 5.30. The van der Waals surface area contributed by atoms with Gasteiger partial charge in [0.15, 0.2) is 0 Å². The van der Waals surface area contributed by atoms with Crippen LogP contribution in [0.15, 0.2) is 18.2 Å². The average Bonchev–Trinajstić information content (AvgIpc) is 2.54. The first-order valence-corrected chi connectivity index (χ1v) is 10.6. The van der Waals surface area contributed by atoms with E-state index in [1.807, 2.05) is 0 Å².